The van der Waals surface area contributed by atoms with E-state index in [4.69, 9.17) is 4.74 Å². The van der Waals surface area contributed by atoms with E-state index in [0.717, 1.165) is 13.2 Å². The summed E-state index contributed by atoms with van der Waals surface area (Å²) in [5.41, 5.74) is 1.23. The molecule has 2 unspecified atom stereocenters. The van der Waals surface area contributed by atoms with Gasteiger partial charge in [-0.15, -0.1) is 0 Å². The summed E-state index contributed by atoms with van der Waals surface area (Å²) in [6, 6.07) is 4.56. The van der Waals surface area contributed by atoms with Gasteiger partial charge in [0, 0.05) is 31.1 Å². The zero-order chi connectivity index (χ0) is 9.80. The third-order valence-electron chi connectivity index (χ3n) is 2.80. The Hall–Kier alpha value is -0.800. The third kappa shape index (κ3) is 2.36. The molecule has 2 rings (SSSR count). The van der Waals surface area contributed by atoms with E-state index in [1.807, 2.05) is 12.3 Å². The van der Waals surface area contributed by atoms with E-state index in [2.05, 4.69) is 23.3 Å². The van der Waals surface area contributed by atoms with Crippen LogP contribution in [0.25, 0.3) is 0 Å². The molecule has 0 aromatic carbocycles. The van der Waals surface area contributed by atoms with Gasteiger partial charge < -0.3 is 15.0 Å². The highest BCUT2D eigenvalue weighted by atomic mass is 16.5. The summed E-state index contributed by atoms with van der Waals surface area (Å²) in [6.07, 6.45) is 4.76. The molecule has 0 aliphatic carbocycles. The molecule has 0 saturated carbocycles. The first-order valence-corrected chi connectivity index (χ1v) is 5.33. The van der Waals surface area contributed by atoms with Crippen LogP contribution in [0, 0.1) is 0 Å². The third-order valence-corrected chi connectivity index (χ3v) is 2.80. The minimum absolute atomic E-state index is 0.407. The molecule has 0 radical (unpaired) electrons. The molecule has 14 heavy (non-hydrogen) atoms. The highest BCUT2D eigenvalue weighted by Crippen LogP contribution is 2.15. The van der Waals surface area contributed by atoms with Crippen molar-refractivity contribution in [2.45, 2.75) is 38.5 Å². The molecule has 2 heterocycles. The minimum atomic E-state index is 0.407. The van der Waals surface area contributed by atoms with Crippen molar-refractivity contribution in [1.82, 2.24) is 10.3 Å². The van der Waals surface area contributed by atoms with Crippen molar-refractivity contribution < 1.29 is 4.74 Å². The Morgan fingerprint density at radius 2 is 2.64 bits per heavy atom. The number of H-pyrrole nitrogens is 1. The minimum Gasteiger partial charge on any atom is -0.377 e. The first kappa shape index (κ1) is 9.74. The highest BCUT2D eigenvalue weighted by Gasteiger charge is 2.21. The topological polar surface area (TPSA) is 37.0 Å². The first-order chi connectivity index (χ1) is 6.86. The number of nitrogens with one attached hydrogen (secondary N) is 2. The fourth-order valence-corrected chi connectivity index (χ4v) is 1.88. The lowest BCUT2D eigenvalue weighted by Gasteiger charge is -2.19. The summed E-state index contributed by atoms with van der Waals surface area (Å²) >= 11 is 0. The number of aromatic amines is 1. The second-order valence-electron chi connectivity index (χ2n) is 3.92. The summed E-state index contributed by atoms with van der Waals surface area (Å²) in [4.78, 5) is 3.18. The summed E-state index contributed by atoms with van der Waals surface area (Å²) < 4.78 is 5.61. The zero-order valence-electron chi connectivity index (χ0n) is 8.62. The van der Waals surface area contributed by atoms with E-state index in [1.54, 1.807) is 0 Å². The smallest absolute Gasteiger partial charge is 0.0726 e. The SMILES string of the molecule is CC(NCc1ccc[nH]1)C1CCCO1. The van der Waals surface area contributed by atoms with Crippen LogP contribution in [0.5, 0.6) is 0 Å². The molecule has 78 valence electrons. The standard InChI is InChI=1S/C11H18N2O/c1-9(11-5-3-7-14-11)13-8-10-4-2-6-12-10/h2,4,6,9,11-13H,3,5,7-8H2,1H3. The van der Waals surface area contributed by atoms with Gasteiger partial charge in [0.2, 0.25) is 0 Å². The van der Waals surface area contributed by atoms with Crippen molar-refractivity contribution in [3.63, 3.8) is 0 Å². The van der Waals surface area contributed by atoms with Gasteiger partial charge in [0.1, 0.15) is 0 Å². The predicted molar refractivity (Wildman–Crippen MR) is 56.1 cm³/mol. The lowest BCUT2D eigenvalue weighted by atomic mass is 10.1. The van der Waals surface area contributed by atoms with E-state index in [9.17, 15) is 0 Å². The maximum atomic E-state index is 5.61. The summed E-state index contributed by atoms with van der Waals surface area (Å²) in [6.45, 7) is 4.02. The molecule has 1 saturated heterocycles. The van der Waals surface area contributed by atoms with Gasteiger partial charge in [-0.3, -0.25) is 0 Å². The van der Waals surface area contributed by atoms with Crippen LogP contribution in [0.1, 0.15) is 25.5 Å². The Bertz CT molecular complexity index is 252. The van der Waals surface area contributed by atoms with Crippen molar-refractivity contribution in [3.8, 4) is 0 Å². The van der Waals surface area contributed by atoms with E-state index in [-0.39, 0.29) is 0 Å². The zero-order valence-corrected chi connectivity index (χ0v) is 8.62. The first-order valence-electron chi connectivity index (χ1n) is 5.33. The Kier molecular flexibility index (Phi) is 3.22. The molecule has 0 amide bonds. The Morgan fingerprint density at radius 1 is 1.71 bits per heavy atom. The summed E-state index contributed by atoms with van der Waals surface area (Å²) in [7, 11) is 0. The van der Waals surface area contributed by atoms with Gasteiger partial charge in [0.25, 0.3) is 0 Å². The highest BCUT2D eigenvalue weighted by molar-refractivity contribution is 5.03. The monoisotopic (exact) mass is 194 g/mol. The molecule has 0 spiro atoms. The van der Waals surface area contributed by atoms with Crippen LogP contribution in [-0.4, -0.2) is 23.7 Å². The van der Waals surface area contributed by atoms with E-state index >= 15 is 0 Å². The largest absolute Gasteiger partial charge is 0.377 e. The van der Waals surface area contributed by atoms with E-state index in [0.29, 0.717) is 12.1 Å². The average Bonchev–Trinajstić information content (AvgIpc) is 2.87. The lowest BCUT2D eigenvalue weighted by molar-refractivity contribution is 0.0831. The van der Waals surface area contributed by atoms with Crippen molar-refractivity contribution in [3.05, 3.63) is 24.0 Å². The molecule has 1 aromatic heterocycles. The van der Waals surface area contributed by atoms with Gasteiger partial charge in [-0.05, 0) is 31.9 Å². The number of hydrogen-bond donors (Lipinski definition) is 2. The van der Waals surface area contributed by atoms with Crippen LogP contribution in [0.4, 0.5) is 0 Å². The van der Waals surface area contributed by atoms with Crippen LogP contribution in [-0.2, 0) is 11.3 Å². The quantitative estimate of drug-likeness (QED) is 0.765. The maximum Gasteiger partial charge on any atom is 0.0726 e. The van der Waals surface area contributed by atoms with Crippen LogP contribution in [0.2, 0.25) is 0 Å². The Labute approximate surface area is 84.9 Å². The molecule has 1 aromatic rings. The molecule has 1 aliphatic rings. The molecular weight excluding hydrogens is 176 g/mol. The Balaban J connectivity index is 1.74. The van der Waals surface area contributed by atoms with Crippen LogP contribution in [0.3, 0.4) is 0 Å². The van der Waals surface area contributed by atoms with Gasteiger partial charge in [-0.1, -0.05) is 0 Å². The average molecular weight is 194 g/mol. The van der Waals surface area contributed by atoms with Gasteiger partial charge in [-0.2, -0.15) is 0 Å². The molecule has 1 fully saturated rings. The van der Waals surface area contributed by atoms with E-state index < -0.39 is 0 Å². The van der Waals surface area contributed by atoms with Crippen molar-refractivity contribution >= 4 is 0 Å². The van der Waals surface area contributed by atoms with Crippen LogP contribution < -0.4 is 5.32 Å². The summed E-state index contributed by atoms with van der Waals surface area (Å²) in [5.74, 6) is 0. The number of rotatable bonds is 4. The molecule has 2 atom stereocenters. The molecule has 3 heteroatoms. The number of hydrogen-bond acceptors (Lipinski definition) is 2. The van der Waals surface area contributed by atoms with Crippen molar-refractivity contribution in [1.29, 1.82) is 0 Å². The van der Waals surface area contributed by atoms with Crippen molar-refractivity contribution in [2.75, 3.05) is 6.61 Å². The predicted octanol–water partition coefficient (Wildman–Crippen LogP) is 1.67. The van der Waals surface area contributed by atoms with Crippen molar-refractivity contribution in [2.24, 2.45) is 0 Å². The second kappa shape index (κ2) is 4.62. The van der Waals surface area contributed by atoms with Gasteiger partial charge in [0.05, 0.1) is 6.10 Å². The van der Waals surface area contributed by atoms with Gasteiger partial charge in [0.15, 0.2) is 0 Å². The fraction of sp³-hybridized carbons (Fsp3) is 0.636. The molecule has 1 aliphatic heterocycles. The van der Waals surface area contributed by atoms with Gasteiger partial charge in [-0.25, -0.2) is 0 Å². The van der Waals surface area contributed by atoms with E-state index in [1.165, 1.54) is 18.5 Å². The normalized spacial score (nSPS) is 23.9. The van der Waals surface area contributed by atoms with Crippen LogP contribution in [0.15, 0.2) is 18.3 Å². The fourth-order valence-electron chi connectivity index (χ4n) is 1.88. The number of ether oxygens (including phenoxy) is 1. The molecule has 3 nitrogen and oxygen atoms in total. The number of aromatic nitrogens is 1. The molecule has 2 N–H and O–H groups in total. The Morgan fingerprint density at radius 3 is 3.29 bits per heavy atom. The summed E-state index contributed by atoms with van der Waals surface area (Å²) in [5, 5.41) is 3.47. The van der Waals surface area contributed by atoms with Crippen LogP contribution >= 0.6 is 0 Å². The maximum absolute atomic E-state index is 5.61. The molecule has 0 bridgehead atoms. The van der Waals surface area contributed by atoms with Gasteiger partial charge >= 0.3 is 0 Å². The lowest BCUT2D eigenvalue weighted by Crippen LogP contribution is -2.36. The second-order valence-corrected chi connectivity index (χ2v) is 3.92. The molecular formula is C11H18N2O.